The number of nitriles is 1. The first-order valence-corrected chi connectivity index (χ1v) is 7.54. The number of aldehydes is 1. The van der Waals surface area contributed by atoms with Gasteiger partial charge < -0.3 is 14.7 Å². The molecule has 0 radical (unpaired) electrons. The molecule has 6 nitrogen and oxygen atoms in total. The van der Waals surface area contributed by atoms with Crippen molar-refractivity contribution in [3.63, 3.8) is 0 Å². The summed E-state index contributed by atoms with van der Waals surface area (Å²) in [5.74, 6) is 1.18. The van der Waals surface area contributed by atoms with E-state index in [4.69, 9.17) is 15.1 Å². The summed E-state index contributed by atoms with van der Waals surface area (Å²) in [5.41, 5.74) is 0.853. The van der Waals surface area contributed by atoms with Crippen LogP contribution in [0.5, 0.6) is 11.6 Å². The molecular formula is C16H14BrN3O3. The normalized spacial score (nSPS) is 10.0. The molecule has 1 heterocycles. The molecule has 7 heteroatoms. The van der Waals surface area contributed by atoms with Crippen LogP contribution in [0.15, 0.2) is 34.8 Å². The largest absolute Gasteiger partial charge is 0.439 e. The van der Waals surface area contributed by atoms with Gasteiger partial charge in [-0.15, -0.1) is 0 Å². The maximum atomic E-state index is 11.0. The van der Waals surface area contributed by atoms with Crippen molar-refractivity contribution in [1.82, 2.24) is 4.98 Å². The van der Waals surface area contributed by atoms with Crippen LogP contribution in [-0.4, -0.2) is 36.6 Å². The van der Waals surface area contributed by atoms with E-state index in [1.165, 1.54) is 0 Å². The average Bonchev–Trinajstić information content (AvgIpc) is 2.56. The maximum absolute atomic E-state index is 11.0. The van der Waals surface area contributed by atoms with E-state index < -0.39 is 0 Å². The van der Waals surface area contributed by atoms with E-state index in [-0.39, 0.29) is 6.61 Å². The van der Waals surface area contributed by atoms with Gasteiger partial charge in [-0.25, -0.2) is 0 Å². The quantitative estimate of drug-likeness (QED) is 0.781. The third-order valence-electron chi connectivity index (χ3n) is 3.08. The third kappa shape index (κ3) is 4.06. The number of carbonyl (C=O) groups excluding carboxylic acids is 1. The van der Waals surface area contributed by atoms with Crippen LogP contribution in [0.4, 0.5) is 5.82 Å². The number of likely N-dealkylation sites (N-methyl/N-ethyl adjacent to an activating group) is 1. The summed E-state index contributed by atoms with van der Waals surface area (Å²) >= 11 is 3.27. The number of aliphatic hydroxyl groups excluding tert-OH is 1. The van der Waals surface area contributed by atoms with Crippen LogP contribution in [-0.2, 0) is 0 Å². The molecule has 1 aromatic heterocycles. The fourth-order valence-corrected chi connectivity index (χ4v) is 2.26. The summed E-state index contributed by atoms with van der Waals surface area (Å²) < 4.78 is 6.33. The molecule has 1 N–H and O–H groups in total. The Balaban J connectivity index is 2.32. The predicted molar refractivity (Wildman–Crippen MR) is 88.9 cm³/mol. The Bertz CT molecular complexity index is 759. The highest BCUT2D eigenvalue weighted by molar-refractivity contribution is 9.10. The number of benzene rings is 1. The van der Waals surface area contributed by atoms with E-state index >= 15 is 0 Å². The maximum Gasteiger partial charge on any atom is 0.221 e. The second-order valence-corrected chi connectivity index (χ2v) is 5.54. The minimum absolute atomic E-state index is 0.0520. The van der Waals surface area contributed by atoms with E-state index in [0.717, 1.165) is 6.29 Å². The number of hydrogen-bond acceptors (Lipinski definition) is 6. The van der Waals surface area contributed by atoms with E-state index in [0.29, 0.717) is 39.6 Å². The molecule has 118 valence electrons. The van der Waals surface area contributed by atoms with Crippen LogP contribution in [0.2, 0.25) is 0 Å². The van der Waals surface area contributed by atoms with Crippen LogP contribution in [0.25, 0.3) is 0 Å². The van der Waals surface area contributed by atoms with Crippen LogP contribution in [0.1, 0.15) is 15.9 Å². The number of anilines is 1. The molecule has 0 amide bonds. The Morgan fingerprint density at radius 2 is 2.22 bits per heavy atom. The number of ether oxygens (including phenoxy) is 1. The Kier molecular flexibility index (Phi) is 5.68. The second kappa shape index (κ2) is 7.72. The first-order valence-electron chi connectivity index (χ1n) is 6.74. The summed E-state index contributed by atoms with van der Waals surface area (Å²) in [7, 11) is 1.73. The van der Waals surface area contributed by atoms with Gasteiger partial charge in [0.05, 0.1) is 12.2 Å². The molecule has 1 aromatic carbocycles. The molecule has 0 bridgehead atoms. The smallest absolute Gasteiger partial charge is 0.221 e. The predicted octanol–water partition coefficient (Wildman–Crippen LogP) is 2.75. The highest BCUT2D eigenvalue weighted by Gasteiger charge is 2.12. The summed E-state index contributed by atoms with van der Waals surface area (Å²) in [6.45, 7) is 0.294. The SMILES string of the molecule is CN(CCO)c1nc(Oc2ccc(Br)c(C=O)c2)ccc1C#N. The molecule has 2 aromatic rings. The van der Waals surface area contributed by atoms with E-state index in [1.54, 1.807) is 42.3 Å². The van der Waals surface area contributed by atoms with Gasteiger partial charge in [-0.3, -0.25) is 4.79 Å². The van der Waals surface area contributed by atoms with Gasteiger partial charge in [-0.1, -0.05) is 15.9 Å². The summed E-state index contributed by atoms with van der Waals surface area (Å²) in [6, 6.07) is 10.2. The number of pyridine rings is 1. The van der Waals surface area contributed by atoms with E-state index in [9.17, 15) is 4.79 Å². The molecule has 23 heavy (non-hydrogen) atoms. The van der Waals surface area contributed by atoms with Crippen molar-refractivity contribution in [2.75, 3.05) is 25.1 Å². The van der Waals surface area contributed by atoms with Gasteiger partial charge in [0.15, 0.2) is 6.29 Å². The fraction of sp³-hybridized carbons (Fsp3) is 0.188. The van der Waals surface area contributed by atoms with Crippen molar-refractivity contribution in [3.8, 4) is 17.7 Å². The zero-order chi connectivity index (χ0) is 16.8. The first-order chi connectivity index (χ1) is 11.1. The number of halogens is 1. The van der Waals surface area contributed by atoms with Gasteiger partial charge in [-0.2, -0.15) is 10.2 Å². The number of rotatable bonds is 6. The summed E-state index contributed by atoms with van der Waals surface area (Å²) in [6.07, 6.45) is 0.726. The van der Waals surface area contributed by atoms with Crippen LogP contribution in [0.3, 0.4) is 0 Å². The minimum Gasteiger partial charge on any atom is -0.439 e. The summed E-state index contributed by atoms with van der Waals surface area (Å²) in [5, 5.41) is 18.2. The van der Waals surface area contributed by atoms with Gasteiger partial charge in [0, 0.05) is 29.7 Å². The highest BCUT2D eigenvalue weighted by atomic mass is 79.9. The van der Waals surface area contributed by atoms with Crippen LogP contribution >= 0.6 is 15.9 Å². The fourth-order valence-electron chi connectivity index (χ4n) is 1.92. The van der Waals surface area contributed by atoms with Gasteiger partial charge in [0.25, 0.3) is 0 Å². The molecule has 0 aliphatic heterocycles. The molecule has 0 aliphatic carbocycles. The van der Waals surface area contributed by atoms with E-state index in [2.05, 4.69) is 27.0 Å². The monoisotopic (exact) mass is 375 g/mol. The molecule has 0 aliphatic rings. The lowest BCUT2D eigenvalue weighted by Crippen LogP contribution is -2.23. The average molecular weight is 376 g/mol. The molecule has 0 unspecified atom stereocenters. The second-order valence-electron chi connectivity index (χ2n) is 4.68. The molecular weight excluding hydrogens is 362 g/mol. The molecule has 2 rings (SSSR count). The van der Waals surface area contributed by atoms with Gasteiger partial charge >= 0.3 is 0 Å². The van der Waals surface area contributed by atoms with E-state index in [1.807, 2.05) is 0 Å². The zero-order valence-corrected chi connectivity index (χ0v) is 13.9. The number of aromatic nitrogens is 1. The van der Waals surface area contributed by atoms with Crippen molar-refractivity contribution < 1.29 is 14.6 Å². The first kappa shape index (κ1) is 16.9. The highest BCUT2D eigenvalue weighted by Crippen LogP contribution is 2.27. The Labute approximate surface area is 142 Å². The molecule has 0 spiro atoms. The topological polar surface area (TPSA) is 86.5 Å². The van der Waals surface area contributed by atoms with Crippen LogP contribution < -0.4 is 9.64 Å². The Morgan fingerprint density at radius 1 is 1.43 bits per heavy atom. The summed E-state index contributed by atoms with van der Waals surface area (Å²) in [4.78, 5) is 16.9. The van der Waals surface area contributed by atoms with Crippen molar-refractivity contribution in [1.29, 1.82) is 5.26 Å². The molecule has 0 saturated heterocycles. The number of nitrogens with zero attached hydrogens (tertiary/aromatic N) is 3. The number of hydrogen-bond donors (Lipinski definition) is 1. The molecule has 0 saturated carbocycles. The van der Waals surface area contributed by atoms with Gasteiger partial charge in [0.1, 0.15) is 17.6 Å². The van der Waals surface area contributed by atoms with Crippen molar-refractivity contribution >= 4 is 28.0 Å². The number of carbonyl (C=O) groups is 1. The molecule has 0 fully saturated rings. The molecule has 0 atom stereocenters. The lowest BCUT2D eigenvalue weighted by molar-refractivity contribution is 0.112. The van der Waals surface area contributed by atoms with Crippen LogP contribution in [0, 0.1) is 11.3 Å². The lowest BCUT2D eigenvalue weighted by atomic mass is 10.2. The minimum atomic E-state index is -0.0520. The van der Waals surface area contributed by atoms with Gasteiger partial charge in [0.2, 0.25) is 5.88 Å². The third-order valence-corrected chi connectivity index (χ3v) is 3.81. The number of aliphatic hydroxyl groups is 1. The van der Waals surface area contributed by atoms with Crippen molar-refractivity contribution in [2.45, 2.75) is 0 Å². The van der Waals surface area contributed by atoms with Crippen molar-refractivity contribution in [3.05, 3.63) is 45.9 Å². The Morgan fingerprint density at radius 3 is 2.87 bits per heavy atom. The Hall–Kier alpha value is -2.43. The standard InChI is InChI=1S/C16H14BrN3O3/c1-20(6-7-21)16-11(9-18)2-5-15(19-16)23-13-3-4-14(17)12(8-13)10-22/h2-5,8,10,21H,6-7H2,1H3. The lowest BCUT2D eigenvalue weighted by Gasteiger charge is -2.18. The zero-order valence-electron chi connectivity index (χ0n) is 12.4. The van der Waals surface area contributed by atoms with Crippen molar-refractivity contribution in [2.24, 2.45) is 0 Å². The van der Waals surface area contributed by atoms with Gasteiger partial charge in [-0.05, 0) is 24.3 Å².